The fraction of sp³-hybridized carbons (Fsp3) is 0.625. The Kier molecular flexibility index (Phi) is 5.74. The maximum absolute atomic E-state index is 6.04. The number of rotatable bonds is 4. The van der Waals surface area contributed by atoms with Crippen molar-refractivity contribution in [3.8, 4) is 0 Å². The van der Waals surface area contributed by atoms with Crippen molar-refractivity contribution >= 4 is 11.8 Å². The Balaban J connectivity index is 2.11. The average molecular weight is 278 g/mol. The van der Waals surface area contributed by atoms with Gasteiger partial charge in [0.2, 0.25) is 0 Å². The SMILES string of the molecule is CC(C)c1ccc(C(CN)N2CCCSCC2)cc1. The first-order valence-electron chi connectivity index (χ1n) is 7.34. The molecule has 1 fully saturated rings. The van der Waals surface area contributed by atoms with E-state index in [9.17, 15) is 0 Å². The number of hydrogen-bond acceptors (Lipinski definition) is 3. The average Bonchev–Trinajstić information content (AvgIpc) is 2.69. The molecule has 1 unspecified atom stereocenters. The number of thioether (sulfide) groups is 1. The summed E-state index contributed by atoms with van der Waals surface area (Å²) in [6.07, 6.45) is 1.28. The van der Waals surface area contributed by atoms with Gasteiger partial charge in [-0.3, -0.25) is 4.90 Å². The molecule has 1 heterocycles. The topological polar surface area (TPSA) is 29.3 Å². The van der Waals surface area contributed by atoms with E-state index in [1.54, 1.807) is 0 Å². The number of nitrogens with zero attached hydrogens (tertiary/aromatic N) is 1. The molecule has 2 rings (SSSR count). The Morgan fingerprint density at radius 2 is 1.79 bits per heavy atom. The molecule has 1 atom stereocenters. The molecular weight excluding hydrogens is 252 g/mol. The molecular formula is C16H26N2S. The van der Waals surface area contributed by atoms with Crippen LogP contribution >= 0.6 is 11.8 Å². The van der Waals surface area contributed by atoms with Gasteiger partial charge in [0.25, 0.3) is 0 Å². The summed E-state index contributed by atoms with van der Waals surface area (Å²) in [5, 5.41) is 0. The van der Waals surface area contributed by atoms with Gasteiger partial charge in [-0.25, -0.2) is 0 Å². The van der Waals surface area contributed by atoms with Crippen molar-refractivity contribution in [1.82, 2.24) is 4.90 Å². The summed E-state index contributed by atoms with van der Waals surface area (Å²) in [4.78, 5) is 2.56. The lowest BCUT2D eigenvalue weighted by molar-refractivity contribution is 0.218. The van der Waals surface area contributed by atoms with E-state index in [4.69, 9.17) is 5.73 Å². The van der Waals surface area contributed by atoms with Crippen LogP contribution in [0.25, 0.3) is 0 Å². The summed E-state index contributed by atoms with van der Waals surface area (Å²) in [5.41, 5.74) is 8.82. The Labute approximate surface area is 121 Å². The highest BCUT2D eigenvalue weighted by Crippen LogP contribution is 2.24. The third-order valence-corrected chi connectivity index (χ3v) is 4.96. The van der Waals surface area contributed by atoms with Gasteiger partial charge in [0.1, 0.15) is 0 Å². The van der Waals surface area contributed by atoms with Crippen LogP contribution in [0.1, 0.15) is 43.4 Å². The van der Waals surface area contributed by atoms with Gasteiger partial charge in [-0.05, 0) is 35.8 Å². The number of hydrogen-bond donors (Lipinski definition) is 1. The van der Waals surface area contributed by atoms with E-state index >= 15 is 0 Å². The predicted molar refractivity (Wildman–Crippen MR) is 85.8 cm³/mol. The largest absolute Gasteiger partial charge is 0.329 e. The van der Waals surface area contributed by atoms with Crippen LogP contribution in [0.5, 0.6) is 0 Å². The molecule has 0 spiro atoms. The Morgan fingerprint density at radius 1 is 1.11 bits per heavy atom. The van der Waals surface area contributed by atoms with Gasteiger partial charge in [-0.2, -0.15) is 11.8 Å². The molecule has 0 radical (unpaired) electrons. The van der Waals surface area contributed by atoms with Crippen LogP contribution in [0.3, 0.4) is 0 Å². The molecule has 1 aromatic rings. The fourth-order valence-corrected chi connectivity index (χ4v) is 3.58. The van der Waals surface area contributed by atoms with Crippen LogP contribution in [0, 0.1) is 0 Å². The number of benzene rings is 1. The molecule has 19 heavy (non-hydrogen) atoms. The van der Waals surface area contributed by atoms with Crippen molar-refractivity contribution in [2.24, 2.45) is 5.73 Å². The summed E-state index contributed by atoms with van der Waals surface area (Å²) in [6, 6.07) is 9.44. The van der Waals surface area contributed by atoms with Crippen LogP contribution in [0.4, 0.5) is 0 Å². The molecule has 0 saturated carbocycles. The third-order valence-electron chi connectivity index (χ3n) is 3.91. The molecule has 1 aliphatic rings. The van der Waals surface area contributed by atoms with Crippen molar-refractivity contribution in [3.05, 3.63) is 35.4 Å². The quantitative estimate of drug-likeness (QED) is 0.916. The highest BCUT2D eigenvalue weighted by molar-refractivity contribution is 7.99. The zero-order valence-corrected chi connectivity index (χ0v) is 13.0. The van der Waals surface area contributed by atoms with Crippen LogP contribution in [-0.2, 0) is 0 Å². The standard InChI is InChI=1S/C16H26N2S/c1-13(2)14-4-6-15(7-5-14)16(12-17)18-8-3-10-19-11-9-18/h4-7,13,16H,3,8-12,17H2,1-2H3. The molecule has 0 aromatic heterocycles. The second-order valence-corrected chi connectivity index (χ2v) is 6.80. The first kappa shape index (κ1) is 14.9. The van der Waals surface area contributed by atoms with Crippen molar-refractivity contribution in [2.75, 3.05) is 31.1 Å². The first-order valence-corrected chi connectivity index (χ1v) is 8.49. The Morgan fingerprint density at radius 3 is 2.42 bits per heavy atom. The normalized spacial score (nSPS) is 19.4. The maximum Gasteiger partial charge on any atom is 0.0470 e. The summed E-state index contributed by atoms with van der Waals surface area (Å²) >= 11 is 2.07. The lowest BCUT2D eigenvalue weighted by atomic mass is 9.98. The second kappa shape index (κ2) is 7.32. The highest BCUT2D eigenvalue weighted by Gasteiger charge is 2.20. The molecule has 3 heteroatoms. The van der Waals surface area contributed by atoms with Gasteiger partial charge < -0.3 is 5.73 Å². The minimum atomic E-state index is 0.389. The monoisotopic (exact) mass is 278 g/mol. The molecule has 2 nitrogen and oxygen atoms in total. The maximum atomic E-state index is 6.04. The predicted octanol–water partition coefficient (Wildman–Crippen LogP) is 3.25. The Bertz CT molecular complexity index is 367. The zero-order valence-electron chi connectivity index (χ0n) is 12.1. The minimum absolute atomic E-state index is 0.389. The highest BCUT2D eigenvalue weighted by atomic mass is 32.2. The molecule has 1 aliphatic heterocycles. The summed E-state index contributed by atoms with van der Waals surface area (Å²) in [6.45, 7) is 7.54. The van der Waals surface area contributed by atoms with E-state index in [2.05, 4.69) is 54.8 Å². The van der Waals surface area contributed by atoms with Crippen LogP contribution in [0.15, 0.2) is 24.3 Å². The smallest absolute Gasteiger partial charge is 0.0470 e. The van der Waals surface area contributed by atoms with Gasteiger partial charge in [0.05, 0.1) is 0 Å². The molecule has 106 valence electrons. The van der Waals surface area contributed by atoms with Crippen molar-refractivity contribution < 1.29 is 0 Å². The number of nitrogens with two attached hydrogens (primary N) is 1. The third kappa shape index (κ3) is 3.98. The van der Waals surface area contributed by atoms with Crippen LogP contribution < -0.4 is 5.73 Å². The summed E-state index contributed by atoms with van der Waals surface area (Å²) in [7, 11) is 0. The fourth-order valence-electron chi connectivity index (χ4n) is 2.68. The van der Waals surface area contributed by atoms with Crippen molar-refractivity contribution in [2.45, 2.75) is 32.2 Å². The first-order chi connectivity index (χ1) is 9.22. The van der Waals surface area contributed by atoms with Crippen LogP contribution in [0.2, 0.25) is 0 Å². The van der Waals surface area contributed by atoms with E-state index in [1.807, 2.05) is 0 Å². The van der Waals surface area contributed by atoms with E-state index in [0.717, 1.165) is 0 Å². The molecule has 0 amide bonds. The molecule has 1 saturated heterocycles. The van der Waals surface area contributed by atoms with Gasteiger partial charge in [-0.15, -0.1) is 0 Å². The minimum Gasteiger partial charge on any atom is -0.329 e. The molecule has 1 aromatic carbocycles. The van der Waals surface area contributed by atoms with Gasteiger partial charge in [0, 0.05) is 24.9 Å². The van der Waals surface area contributed by atoms with E-state index in [1.165, 1.54) is 42.1 Å². The second-order valence-electron chi connectivity index (χ2n) is 5.57. The van der Waals surface area contributed by atoms with E-state index in [-0.39, 0.29) is 0 Å². The van der Waals surface area contributed by atoms with Gasteiger partial charge in [-0.1, -0.05) is 38.1 Å². The van der Waals surface area contributed by atoms with Crippen molar-refractivity contribution in [1.29, 1.82) is 0 Å². The Hall–Kier alpha value is -0.510. The summed E-state index contributed by atoms with van der Waals surface area (Å²) < 4.78 is 0. The lowest BCUT2D eigenvalue weighted by Gasteiger charge is -2.30. The zero-order chi connectivity index (χ0) is 13.7. The van der Waals surface area contributed by atoms with Crippen molar-refractivity contribution in [3.63, 3.8) is 0 Å². The molecule has 0 bridgehead atoms. The van der Waals surface area contributed by atoms with Gasteiger partial charge in [0.15, 0.2) is 0 Å². The van der Waals surface area contributed by atoms with E-state index < -0.39 is 0 Å². The lowest BCUT2D eigenvalue weighted by Crippen LogP contribution is -2.35. The summed E-state index contributed by atoms with van der Waals surface area (Å²) in [5.74, 6) is 3.13. The molecule has 2 N–H and O–H groups in total. The molecule has 0 aliphatic carbocycles. The van der Waals surface area contributed by atoms with Gasteiger partial charge >= 0.3 is 0 Å². The van der Waals surface area contributed by atoms with E-state index in [0.29, 0.717) is 18.5 Å². The van der Waals surface area contributed by atoms with Crippen LogP contribution in [-0.4, -0.2) is 36.0 Å².